The first-order chi connectivity index (χ1) is 10.5. The van der Waals surface area contributed by atoms with Gasteiger partial charge in [-0.05, 0) is 31.0 Å². The van der Waals surface area contributed by atoms with Gasteiger partial charge >= 0.3 is 11.9 Å². The number of carbonyl (C=O) groups excluding carboxylic acids is 1. The number of benzene rings is 1. The number of aromatic nitrogens is 2. The van der Waals surface area contributed by atoms with Gasteiger partial charge in [-0.3, -0.25) is 0 Å². The summed E-state index contributed by atoms with van der Waals surface area (Å²) in [5.74, 6) is -1.61. The molecule has 0 unspecified atom stereocenters. The van der Waals surface area contributed by atoms with Gasteiger partial charge in [-0.1, -0.05) is 0 Å². The minimum atomic E-state index is -1.10. The number of carboxylic acids is 1. The molecule has 0 spiro atoms. The van der Waals surface area contributed by atoms with Crippen LogP contribution in [0.2, 0.25) is 0 Å². The monoisotopic (exact) mass is 304 g/mol. The van der Waals surface area contributed by atoms with Crippen molar-refractivity contribution in [3.05, 3.63) is 29.1 Å². The summed E-state index contributed by atoms with van der Waals surface area (Å²) in [7, 11) is 1.31. The molecule has 22 heavy (non-hydrogen) atoms. The van der Waals surface area contributed by atoms with Gasteiger partial charge in [-0.25, -0.2) is 14.6 Å². The highest BCUT2D eigenvalue weighted by atomic mass is 16.5. The van der Waals surface area contributed by atoms with E-state index >= 15 is 0 Å². The Morgan fingerprint density at radius 2 is 2.23 bits per heavy atom. The fraction of sp³-hybridized carbons (Fsp3) is 0.400. The molecule has 1 N–H and O–H groups in total. The predicted octanol–water partition coefficient (Wildman–Crippen LogP) is 1.62. The number of fused-ring (bicyclic) bond motifs is 1. The Hall–Kier alpha value is -2.41. The van der Waals surface area contributed by atoms with E-state index in [1.54, 1.807) is 23.6 Å². The highest BCUT2D eigenvalue weighted by molar-refractivity contribution is 5.97. The summed E-state index contributed by atoms with van der Waals surface area (Å²) in [6, 6.07) is 3.27. The number of aromatic carboxylic acids is 1. The van der Waals surface area contributed by atoms with Gasteiger partial charge in [0.25, 0.3) is 0 Å². The van der Waals surface area contributed by atoms with Crippen LogP contribution in [0.15, 0.2) is 12.1 Å². The second kappa shape index (κ2) is 5.42. The van der Waals surface area contributed by atoms with E-state index in [0.717, 1.165) is 12.0 Å². The molecule has 0 radical (unpaired) electrons. The van der Waals surface area contributed by atoms with Gasteiger partial charge in [0.1, 0.15) is 0 Å². The van der Waals surface area contributed by atoms with Gasteiger partial charge in [0.15, 0.2) is 0 Å². The molecule has 7 heteroatoms. The lowest BCUT2D eigenvalue weighted by Gasteiger charge is -2.27. The number of hydrogen-bond donors (Lipinski definition) is 1. The molecule has 1 saturated heterocycles. The summed E-state index contributed by atoms with van der Waals surface area (Å²) in [6.45, 7) is 2.88. The maximum atomic E-state index is 11.8. The number of esters is 1. The van der Waals surface area contributed by atoms with Crippen molar-refractivity contribution in [3.8, 4) is 0 Å². The molecule has 0 amide bonds. The maximum absolute atomic E-state index is 11.8. The van der Waals surface area contributed by atoms with Crippen molar-refractivity contribution in [2.45, 2.75) is 26.0 Å². The van der Waals surface area contributed by atoms with Gasteiger partial charge in [0, 0.05) is 6.61 Å². The lowest BCUT2D eigenvalue weighted by atomic mass is 10.1. The molecule has 2 aromatic rings. The van der Waals surface area contributed by atoms with Gasteiger partial charge in [-0.15, -0.1) is 0 Å². The molecule has 0 aliphatic carbocycles. The molecule has 1 aliphatic heterocycles. The van der Waals surface area contributed by atoms with E-state index in [1.807, 2.05) is 0 Å². The third-order valence-electron chi connectivity index (χ3n) is 3.84. The topological polar surface area (TPSA) is 90.6 Å². The van der Waals surface area contributed by atoms with E-state index in [4.69, 9.17) is 9.47 Å². The van der Waals surface area contributed by atoms with E-state index in [0.29, 0.717) is 29.7 Å². The highest BCUT2D eigenvalue weighted by Crippen LogP contribution is 2.25. The third-order valence-corrected chi connectivity index (χ3v) is 3.84. The second-order valence-corrected chi connectivity index (χ2v) is 5.29. The zero-order valence-corrected chi connectivity index (χ0v) is 12.3. The third kappa shape index (κ3) is 2.33. The minimum absolute atomic E-state index is 0.0161. The average molecular weight is 304 g/mol. The zero-order valence-electron chi connectivity index (χ0n) is 12.3. The van der Waals surface area contributed by atoms with Crippen LogP contribution in [0.5, 0.6) is 0 Å². The number of methoxy groups -OCH3 is 1. The number of carbonyl (C=O) groups is 2. The number of aryl methyl sites for hydroxylation is 1. The number of hydrogen-bond acceptors (Lipinski definition) is 5. The first-order valence-electron chi connectivity index (χ1n) is 6.95. The SMILES string of the molecule is COC(=O)c1cc(C)c2nc(C(=O)O)n(C[C@@H]3CCO3)c2c1. The van der Waals surface area contributed by atoms with Crippen LogP contribution in [0, 0.1) is 6.92 Å². The Morgan fingerprint density at radius 1 is 1.50 bits per heavy atom. The zero-order chi connectivity index (χ0) is 15.9. The van der Waals surface area contributed by atoms with E-state index in [9.17, 15) is 14.7 Å². The van der Waals surface area contributed by atoms with Crippen LogP contribution in [0.1, 0.15) is 33.0 Å². The van der Waals surface area contributed by atoms with Crippen molar-refractivity contribution < 1.29 is 24.2 Å². The fourth-order valence-corrected chi connectivity index (χ4v) is 2.61. The van der Waals surface area contributed by atoms with Crippen molar-refractivity contribution in [1.82, 2.24) is 9.55 Å². The summed E-state index contributed by atoms with van der Waals surface area (Å²) in [5.41, 5.74) is 2.28. The standard InChI is InChI=1S/C15H16N2O5/c1-8-5-9(15(20)21-2)6-11-12(8)16-13(14(18)19)17(11)7-10-3-4-22-10/h5-6,10H,3-4,7H2,1-2H3,(H,18,19)/t10-/m0/s1. The average Bonchev–Trinajstić information content (AvgIpc) is 2.81. The molecule has 0 saturated carbocycles. The Kier molecular flexibility index (Phi) is 3.58. The Morgan fingerprint density at radius 3 is 2.77 bits per heavy atom. The first kappa shape index (κ1) is 14.5. The summed E-state index contributed by atoms with van der Waals surface area (Å²) >= 11 is 0. The normalized spacial score (nSPS) is 17.3. The first-order valence-corrected chi connectivity index (χ1v) is 6.95. The van der Waals surface area contributed by atoms with Crippen LogP contribution in [-0.2, 0) is 16.0 Å². The van der Waals surface area contributed by atoms with E-state index in [2.05, 4.69) is 4.98 Å². The van der Waals surface area contributed by atoms with E-state index in [-0.39, 0.29) is 11.9 Å². The molecule has 1 aromatic carbocycles. The Bertz CT molecular complexity index is 761. The molecule has 2 heterocycles. The molecule has 1 fully saturated rings. The maximum Gasteiger partial charge on any atom is 0.372 e. The number of rotatable bonds is 4. The van der Waals surface area contributed by atoms with Crippen molar-refractivity contribution in [2.75, 3.05) is 13.7 Å². The summed E-state index contributed by atoms with van der Waals surface area (Å²) in [5, 5.41) is 9.37. The number of nitrogens with zero attached hydrogens (tertiary/aromatic N) is 2. The van der Waals surface area contributed by atoms with Crippen LogP contribution in [-0.4, -0.2) is 46.4 Å². The predicted molar refractivity (Wildman–Crippen MR) is 77.1 cm³/mol. The van der Waals surface area contributed by atoms with Crippen LogP contribution in [0.3, 0.4) is 0 Å². The molecule has 1 atom stereocenters. The van der Waals surface area contributed by atoms with Crippen molar-refractivity contribution >= 4 is 23.0 Å². The molecule has 1 aromatic heterocycles. The lowest BCUT2D eigenvalue weighted by Crippen LogP contribution is -2.32. The molecule has 3 rings (SSSR count). The smallest absolute Gasteiger partial charge is 0.372 e. The largest absolute Gasteiger partial charge is 0.475 e. The van der Waals surface area contributed by atoms with Crippen LogP contribution >= 0.6 is 0 Å². The molecule has 7 nitrogen and oxygen atoms in total. The molecular formula is C15H16N2O5. The van der Waals surface area contributed by atoms with Crippen molar-refractivity contribution in [3.63, 3.8) is 0 Å². The summed E-state index contributed by atoms with van der Waals surface area (Å²) < 4.78 is 11.7. The number of imidazole rings is 1. The Labute approximate surface area is 126 Å². The quantitative estimate of drug-likeness (QED) is 0.863. The molecular weight excluding hydrogens is 288 g/mol. The van der Waals surface area contributed by atoms with Gasteiger partial charge in [0.2, 0.25) is 5.82 Å². The lowest BCUT2D eigenvalue weighted by molar-refractivity contribution is -0.0589. The highest BCUT2D eigenvalue weighted by Gasteiger charge is 2.25. The molecule has 116 valence electrons. The van der Waals surface area contributed by atoms with Gasteiger partial charge < -0.3 is 19.1 Å². The van der Waals surface area contributed by atoms with Crippen LogP contribution < -0.4 is 0 Å². The number of ether oxygens (including phenoxy) is 2. The van der Waals surface area contributed by atoms with E-state index < -0.39 is 11.9 Å². The summed E-state index contributed by atoms with van der Waals surface area (Å²) in [4.78, 5) is 27.4. The van der Waals surface area contributed by atoms with E-state index in [1.165, 1.54) is 7.11 Å². The Balaban J connectivity index is 2.18. The molecule has 0 bridgehead atoms. The van der Waals surface area contributed by atoms with Crippen LogP contribution in [0.4, 0.5) is 0 Å². The van der Waals surface area contributed by atoms with Crippen molar-refractivity contribution in [1.29, 1.82) is 0 Å². The second-order valence-electron chi connectivity index (χ2n) is 5.29. The van der Waals surface area contributed by atoms with Gasteiger partial charge in [0.05, 0.1) is 36.4 Å². The fourth-order valence-electron chi connectivity index (χ4n) is 2.61. The van der Waals surface area contributed by atoms with Gasteiger partial charge in [-0.2, -0.15) is 0 Å². The minimum Gasteiger partial charge on any atom is -0.475 e. The summed E-state index contributed by atoms with van der Waals surface area (Å²) in [6.07, 6.45) is 0.867. The molecule has 1 aliphatic rings. The number of carboxylic acid groups (broad SMARTS) is 1. The van der Waals surface area contributed by atoms with Crippen molar-refractivity contribution in [2.24, 2.45) is 0 Å². The van der Waals surface area contributed by atoms with Crippen LogP contribution in [0.25, 0.3) is 11.0 Å².